The lowest BCUT2D eigenvalue weighted by atomic mass is 10.1. The highest BCUT2D eigenvalue weighted by atomic mass is 32.2. The molecule has 1 aliphatic heterocycles. The van der Waals surface area contributed by atoms with Crippen molar-refractivity contribution in [3.05, 3.63) is 65.4 Å². The molecular formula is C20H20N2O5S. The minimum Gasteiger partial charge on any atom is -0.496 e. The smallest absolute Gasteiger partial charge is 0.363 e. The molecule has 0 radical (unpaired) electrons. The Morgan fingerprint density at radius 1 is 1.11 bits per heavy atom. The van der Waals surface area contributed by atoms with Crippen molar-refractivity contribution in [2.75, 3.05) is 7.11 Å². The Morgan fingerprint density at radius 3 is 2.43 bits per heavy atom. The number of nitrogens with one attached hydrogen (secondary N) is 1. The van der Waals surface area contributed by atoms with Crippen LogP contribution >= 0.6 is 0 Å². The number of carbonyl (C=O) groups excluding carboxylic acids is 1. The summed E-state index contributed by atoms with van der Waals surface area (Å²) >= 11 is 0. The van der Waals surface area contributed by atoms with Crippen molar-refractivity contribution < 1.29 is 22.7 Å². The highest BCUT2D eigenvalue weighted by molar-refractivity contribution is 7.89. The number of aliphatic imine (C=N–C) groups is 1. The van der Waals surface area contributed by atoms with Gasteiger partial charge in [0.15, 0.2) is 5.70 Å². The molecule has 0 spiro atoms. The number of hydrogen-bond donors (Lipinski definition) is 1. The van der Waals surface area contributed by atoms with Crippen molar-refractivity contribution >= 4 is 28.0 Å². The van der Waals surface area contributed by atoms with Crippen LogP contribution in [-0.2, 0) is 19.6 Å². The van der Waals surface area contributed by atoms with Gasteiger partial charge in [0.25, 0.3) is 0 Å². The first-order valence-corrected chi connectivity index (χ1v) is 10.1. The molecule has 2 aromatic carbocycles. The lowest BCUT2D eigenvalue weighted by Gasteiger charge is -2.09. The number of hydrogen-bond acceptors (Lipinski definition) is 6. The maximum atomic E-state index is 12.2. The van der Waals surface area contributed by atoms with Crippen LogP contribution in [-0.4, -0.2) is 33.4 Å². The highest BCUT2D eigenvalue weighted by Gasteiger charge is 2.25. The Labute approximate surface area is 163 Å². The first kappa shape index (κ1) is 19.8. The zero-order valence-electron chi connectivity index (χ0n) is 15.7. The van der Waals surface area contributed by atoms with Gasteiger partial charge < -0.3 is 9.47 Å². The maximum absolute atomic E-state index is 12.2. The van der Waals surface area contributed by atoms with Crippen LogP contribution in [0.2, 0.25) is 0 Å². The number of ether oxygens (including phenoxy) is 2. The molecular weight excluding hydrogens is 380 g/mol. The van der Waals surface area contributed by atoms with Gasteiger partial charge in [-0.15, -0.1) is 0 Å². The average molecular weight is 400 g/mol. The molecule has 0 aromatic heterocycles. The predicted molar refractivity (Wildman–Crippen MR) is 105 cm³/mol. The third-order valence-electron chi connectivity index (χ3n) is 3.85. The fourth-order valence-electron chi connectivity index (χ4n) is 2.62. The van der Waals surface area contributed by atoms with Gasteiger partial charge in [0.1, 0.15) is 5.75 Å². The molecule has 1 heterocycles. The first-order valence-electron chi connectivity index (χ1n) is 8.58. The predicted octanol–water partition coefficient (Wildman–Crippen LogP) is 2.73. The molecule has 7 nitrogen and oxygen atoms in total. The van der Waals surface area contributed by atoms with Gasteiger partial charge in [0.05, 0.1) is 12.0 Å². The minimum atomic E-state index is -3.59. The number of benzene rings is 2. The number of cyclic esters (lactones) is 1. The third kappa shape index (κ3) is 4.29. The Balaban J connectivity index is 1.88. The number of nitrogens with zero attached hydrogens (tertiary/aromatic N) is 1. The van der Waals surface area contributed by atoms with Crippen LogP contribution in [0.5, 0.6) is 5.75 Å². The van der Waals surface area contributed by atoms with Crippen LogP contribution < -0.4 is 9.46 Å². The van der Waals surface area contributed by atoms with Crippen molar-refractivity contribution in [1.29, 1.82) is 0 Å². The highest BCUT2D eigenvalue weighted by Crippen LogP contribution is 2.24. The summed E-state index contributed by atoms with van der Waals surface area (Å²) < 4.78 is 37.4. The summed E-state index contributed by atoms with van der Waals surface area (Å²) in [5.74, 6) is 0.143. The van der Waals surface area contributed by atoms with Crippen molar-refractivity contribution in [3.63, 3.8) is 0 Å². The Bertz CT molecular complexity index is 1050. The fourth-order valence-corrected chi connectivity index (χ4v) is 3.87. The van der Waals surface area contributed by atoms with E-state index in [-0.39, 0.29) is 22.5 Å². The molecule has 1 aliphatic rings. The molecule has 0 bridgehead atoms. The van der Waals surface area contributed by atoms with Crippen molar-refractivity contribution in [1.82, 2.24) is 4.72 Å². The second kappa shape index (κ2) is 7.95. The van der Waals surface area contributed by atoms with Gasteiger partial charge in [-0.2, -0.15) is 0 Å². The minimum absolute atomic E-state index is 0.118. The fraction of sp³-hybridized carbons (Fsp3) is 0.200. The summed E-state index contributed by atoms with van der Waals surface area (Å²) in [6.07, 6.45) is 1.58. The van der Waals surface area contributed by atoms with Crippen LogP contribution in [0, 0.1) is 0 Å². The van der Waals surface area contributed by atoms with Gasteiger partial charge >= 0.3 is 5.97 Å². The van der Waals surface area contributed by atoms with Crippen LogP contribution in [0.4, 0.5) is 0 Å². The normalized spacial score (nSPS) is 15.6. The molecule has 28 heavy (non-hydrogen) atoms. The van der Waals surface area contributed by atoms with E-state index in [4.69, 9.17) is 9.47 Å². The molecule has 3 rings (SSSR count). The molecule has 0 fully saturated rings. The number of rotatable bonds is 6. The maximum Gasteiger partial charge on any atom is 0.363 e. The molecule has 2 aromatic rings. The summed E-state index contributed by atoms with van der Waals surface area (Å²) in [6.45, 7) is 3.49. The first-order chi connectivity index (χ1) is 13.3. The van der Waals surface area contributed by atoms with Crippen LogP contribution in [0.1, 0.15) is 25.0 Å². The third-order valence-corrected chi connectivity index (χ3v) is 5.53. The van der Waals surface area contributed by atoms with E-state index in [9.17, 15) is 13.2 Å². The van der Waals surface area contributed by atoms with E-state index in [0.717, 1.165) is 0 Å². The topological polar surface area (TPSA) is 94.1 Å². The van der Waals surface area contributed by atoms with Crippen LogP contribution in [0.3, 0.4) is 0 Å². The van der Waals surface area contributed by atoms with Gasteiger partial charge in [-0.3, -0.25) is 0 Å². The summed E-state index contributed by atoms with van der Waals surface area (Å²) in [5.41, 5.74) is 1.33. The van der Waals surface area contributed by atoms with E-state index in [1.54, 1.807) is 51.3 Å². The number of carbonyl (C=O) groups is 1. The Hall–Kier alpha value is -2.97. The van der Waals surface area contributed by atoms with Crippen LogP contribution in [0.15, 0.2) is 64.1 Å². The molecule has 1 N–H and O–H groups in total. The van der Waals surface area contributed by atoms with E-state index in [1.807, 2.05) is 12.1 Å². The Morgan fingerprint density at radius 2 is 1.79 bits per heavy atom. The van der Waals surface area contributed by atoms with E-state index in [2.05, 4.69) is 9.71 Å². The number of esters is 1. The van der Waals surface area contributed by atoms with Gasteiger partial charge in [0.2, 0.25) is 15.9 Å². The van der Waals surface area contributed by atoms with E-state index >= 15 is 0 Å². The summed E-state index contributed by atoms with van der Waals surface area (Å²) in [5, 5.41) is 0. The summed E-state index contributed by atoms with van der Waals surface area (Å²) in [4.78, 5) is 16.5. The number of sulfonamides is 1. The molecule has 0 amide bonds. The molecule has 0 aliphatic carbocycles. The standard InChI is InChI=1S/C20H20N2O5S/c1-13(2)22-28(24,25)16-10-8-14(9-11-16)19-21-17(20(23)27-19)12-15-6-4-5-7-18(15)26-3/h4-13,22H,1-3H3/b17-12-. The van der Waals surface area contributed by atoms with Gasteiger partial charge in [-0.05, 0) is 50.3 Å². The quantitative estimate of drug-likeness (QED) is 0.594. The van der Waals surface area contributed by atoms with Gasteiger partial charge in [0, 0.05) is 17.2 Å². The zero-order valence-corrected chi connectivity index (χ0v) is 16.5. The van der Waals surface area contributed by atoms with Crippen LogP contribution in [0.25, 0.3) is 6.08 Å². The van der Waals surface area contributed by atoms with E-state index in [1.165, 1.54) is 12.1 Å². The van der Waals surface area contributed by atoms with Crippen molar-refractivity contribution in [2.45, 2.75) is 24.8 Å². The van der Waals surface area contributed by atoms with E-state index < -0.39 is 16.0 Å². The lowest BCUT2D eigenvalue weighted by Crippen LogP contribution is -2.30. The Kier molecular flexibility index (Phi) is 5.62. The molecule has 0 saturated carbocycles. The number of methoxy groups -OCH3 is 1. The summed E-state index contributed by atoms with van der Waals surface area (Å²) in [7, 11) is -2.05. The molecule has 0 saturated heterocycles. The SMILES string of the molecule is COc1ccccc1/C=C1\N=C(c2ccc(S(=O)(=O)NC(C)C)cc2)OC1=O. The molecule has 146 valence electrons. The van der Waals surface area contributed by atoms with Crippen molar-refractivity contribution in [2.24, 2.45) is 4.99 Å². The zero-order chi connectivity index (χ0) is 20.3. The average Bonchev–Trinajstić information content (AvgIpc) is 3.02. The van der Waals surface area contributed by atoms with E-state index in [0.29, 0.717) is 16.9 Å². The van der Waals surface area contributed by atoms with Gasteiger partial charge in [-0.25, -0.2) is 22.9 Å². The second-order valence-electron chi connectivity index (χ2n) is 6.38. The lowest BCUT2D eigenvalue weighted by molar-refractivity contribution is -0.129. The molecule has 0 atom stereocenters. The molecule has 8 heteroatoms. The molecule has 0 unspecified atom stereocenters. The second-order valence-corrected chi connectivity index (χ2v) is 8.09. The largest absolute Gasteiger partial charge is 0.496 e. The van der Waals surface area contributed by atoms with Crippen molar-refractivity contribution in [3.8, 4) is 5.75 Å². The monoisotopic (exact) mass is 400 g/mol. The number of para-hydroxylation sites is 1. The van der Waals surface area contributed by atoms with Gasteiger partial charge in [-0.1, -0.05) is 18.2 Å². The summed E-state index contributed by atoms with van der Waals surface area (Å²) in [6, 6.07) is 13.0.